The van der Waals surface area contributed by atoms with Gasteiger partial charge in [0.05, 0.1) is 14.2 Å². The Bertz CT molecular complexity index is 568. The molecule has 100 valence electrons. The first-order valence-electron chi connectivity index (χ1n) is 5.45. The van der Waals surface area contributed by atoms with E-state index < -0.39 is 5.97 Å². The molecule has 0 atom stereocenters. The summed E-state index contributed by atoms with van der Waals surface area (Å²) in [6, 6.07) is 8.13. The topological polar surface area (TPSA) is 80.9 Å². The summed E-state index contributed by atoms with van der Waals surface area (Å²) in [6.45, 7) is 0. The van der Waals surface area contributed by atoms with Crippen molar-refractivity contribution >= 4 is 17.5 Å². The second-order valence-electron chi connectivity index (χ2n) is 3.70. The van der Waals surface area contributed by atoms with E-state index in [1.54, 1.807) is 32.4 Å². The van der Waals surface area contributed by atoms with Crippen LogP contribution in [0.5, 0.6) is 11.5 Å². The van der Waals surface area contributed by atoms with E-state index in [0.717, 1.165) is 0 Å². The van der Waals surface area contributed by atoms with E-state index >= 15 is 0 Å². The Morgan fingerprint density at radius 2 is 1.79 bits per heavy atom. The number of ether oxygens (including phenoxy) is 2. The van der Waals surface area contributed by atoms with Crippen LogP contribution in [0.25, 0.3) is 0 Å². The molecule has 0 unspecified atom stereocenters. The lowest BCUT2D eigenvalue weighted by Crippen LogP contribution is -1.94. The third-order valence-corrected chi connectivity index (χ3v) is 2.44. The van der Waals surface area contributed by atoms with E-state index in [1.165, 1.54) is 12.1 Å². The van der Waals surface area contributed by atoms with Crippen LogP contribution < -0.4 is 14.8 Å². The summed E-state index contributed by atoms with van der Waals surface area (Å²) in [5, 5.41) is 11.7. The molecule has 0 aliphatic carbocycles. The molecule has 19 heavy (non-hydrogen) atoms. The van der Waals surface area contributed by atoms with Crippen LogP contribution in [0.1, 0.15) is 10.6 Å². The van der Waals surface area contributed by atoms with E-state index in [0.29, 0.717) is 23.1 Å². The third-order valence-electron chi connectivity index (χ3n) is 2.44. The minimum atomic E-state index is -1.11. The SMILES string of the molecule is COc1cc(Nc2ccc(C(=O)O)o2)cc(OC)c1. The fourth-order valence-corrected chi connectivity index (χ4v) is 1.54. The molecule has 1 heterocycles. The lowest BCUT2D eigenvalue weighted by molar-refractivity contribution is 0.0663. The summed E-state index contributed by atoms with van der Waals surface area (Å²) in [5.41, 5.74) is 0.669. The first kappa shape index (κ1) is 12.8. The number of rotatable bonds is 5. The predicted octanol–water partition coefficient (Wildman–Crippen LogP) is 2.74. The van der Waals surface area contributed by atoms with Crippen LogP contribution in [0.4, 0.5) is 11.6 Å². The Kier molecular flexibility index (Phi) is 3.61. The second kappa shape index (κ2) is 5.34. The minimum Gasteiger partial charge on any atom is -0.497 e. The fourth-order valence-electron chi connectivity index (χ4n) is 1.54. The fraction of sp³-hybridized carbons (Fsp3) is 0.154. The number of aromatic carboxylic acids is 1. The van der Waals surface area contributed by atoms with E-state index in [-0.39, 0.29) is 5.76 Å². The summed E-state index contributed by atoms with van der Waals surface area (Å²) < 4.78 is 15.4. The molecule has 0 spiro atoms. The van der Waals surface area contributed by atoms with Gasteiger partial charge >= 0.3 is 5.97 Å². The van der Waals surface area contributed by atoms with Crippen molar-refractivity contribution < 1.29 is 23.8 Å². The monoisotopic (exact) mass is 263 g/mol. The number of benzene rings is 1. The standard InChI is InChI=1S/C13H13NO5/c1-17-9-5-8(6-10(7-9)18-2)14-12-4-3-11(19-12)13(15)16/h3-7,14H,1-2H3,(H,15,16). The van der Waals surface area contributed by atoms with Crippen molar-refractivity contribution in [1.82, 2.24) is 0 Å². The maximum Gasteiger partial charge on any atom is 0.371 e. The molecule has 1 aromatic carbocycles. The molecular formula is C13H13NO5. The van der Waals surface area contributed by atoms with Gasteiger partial charge in [0, 0.05) is 30.0 Å². The number of methoxy groups -OCH3 is 2. The molecule has 2 rings (SSSR count). The zero-order valence-corrected chi connectivity index (χ0v) is 10.5. The molecule has 0 aliphatic heterocycles. The zero-order chi connectivity index (χ0) is 13.8. The van der Waals surface area contributed by atoms with Gasteiger partial charge < -0.3 is 24.3 Å². The lowest BCUT2D eigenvalue weighted by Gasteiger charge is -2.08. The normalized spacial score (nSPS) is 10.0. The number of carboxylic acids is 1. The van der Waals surface area contributed by atoms with Crippen molar-refractivity contribution in [3.8, 4) is 11.5 Å². The number of hydrogen-bond donors (Lipinski definition) is 2. The number of anilines is 2. The van der Waals surface area contributed by atoms with Gasteiger partial charge in [-0.1, -0.05) is 0 Å². The summed E-state index contributed by atoms with van der Waals surface area (Å²) in [7, 11) is 3.10. The van der Waals surface area contributed by atoms with Gasteiger partial charge in [-0.2, -0.15) is 0 Å². The van der Waals surface area contributed by atoms with Crippen molar-refractivity contribution in [3.63, 3.8) is 0 Å². The van der Waals surface area contributed by atoms with Gasteiger partial charge in [-0.05, 0) is 6.07 Å². The maximum atomic E-state index is 10.7. The zero-order valence-electron chi connectivity index (χ0n) is 10.5. The molecule has 0 saturated carbocycles. The van der Waals surface area contributed by atoms with Crippen molar-refractivity contribution in [2.24, 2.45) is 0 Å². The van der Waals surface area contributed by atoms with Gasteiger partial charge in [-0.3, -0.25) is 0 Å². The number of hydrogen-bond acceptors (Lipinski definition) is 5. The van der Waals surface area contributed by atoms with Crippen molar-refractivity contribution in [2.45, 2.75) is 0 Å². The average Bonchev–Trinajstić information content (AvgIpc) is 2.87. The Morgan fingerprint density at radius 3 is 2.26 bits per heavy atom. The summed E-state index contributed by atoms with van der Waals surface area (Å²) in [6.07, 6.45) is 0. The van der Waals surface area contributed by atoms with Gasteiger partial charge in [-0.25, -0.2) is 4.79 Å². The van der Waals surface area contributed by atoms with Crippen LogP contribution in [0.3, 0.4) is 0 Å². The Balaban J connectivity index is 2.23. The van der Waals surface area contributed by atoms with E-state index in [1.807, 2.05) is 0 Å². The Morgan fingerprint density at radius 1 is 1.16 bits per heavy atom. The number of nitrogens with one attached hydrogen (secondary N) is 1. The lowest BCUT2D eigenvalue weighted by atomic mass is 10.2. The maximum absolute atomic E-state index is 10.7. The molecule has 0 amide bonds. The second-order valence-corrected chi connectivity index (χ2v) is 3.70. The predicted molar refractivity (Wildman–Crippen MR) is 68.5 cm³/mol. The molecule has 0 radical (unpaired) electrons. The van der Waals surface area contributed by atoms with Gasteiger partial charge in [0.25, 0.3) is 0 Å². The average molecular weight is 263 g/mol. The number of furan rings is 1. The van der Waals surface area contributed by atoms with E-state index in [4.69, 9.17) is 19.0 Å². The summed E-state index contributed by atoms with van der Waals surface area (Å²) in [5.74, 6) is 0.320. The van der Waals surface area contributed by atoms with Crippen LogP contribution in [0, 0.1) is 0 Å². The van der Waals surface area contributed by atoms with Gasteiger partial charge in [0.2, 0.25) is 5.76 Å². The first-order chi connectivity index (χ1) is 9.12. The smallest absolute Gasteiger partial charge is 0.371 e. The molecule has 0 fully saturated rings. The molecule has 6 heteroatoms. The van der Waals surface area contributed by atoms with E-state index in [9.17, 15) is 4.79 Å². The highest BCUT2D eigenvalue weighted by molar-refractivity contribution is 5.85. The highest BCUT2D eigenvalue weighted by Gasteiger charge is 2.09. The summed E-state index contributed by atoms with van der Waals surface area (Å²) in [4.78, 5) is 10.7. The summed E-state index contributed by atoms with van der Waals surface area (Å²) >= 11 is 0. The molecule has 2 N–H and O–H groups in total. The Labute approximate surface area is 109 Å². The molecular weight excluding hydrogens is 250 g/mol. The molecule has 1 aromatic heterocycles. The van der Waals surface area contributed by atoms with Crippen LogP contribution >= 0.6 is 0 Å². The molecule has 0 bridgehead atoms. The molecule has 2 aromatic rings. The van der Waals surface area contributed by atoms with Gasteiger partial charge in [0.15, 0.2) is 5.88 Å². The third kappa shape index (κ3) is 2.98. The largest absolute Gasteiger partial charge is 0.497 e. The molecule has 0 saturated heterocycles. The van der Waals surface area contributed by atoms with Crippen LogP contribution in [-0.2, 0) is 0 Å². The molecule has 6 nitrogen and oxygen atoms in total. The molecule has 0 aliphatic rings. The van der Waals surface area contributed by atoms with Crippen molar-refractivity contribution in [2.75, 3.05) is 19.5 Å². The van der Waals surface area contributed by atoms with Crippen LogP contribution in [0.15, 0.2) is 34.7 Å². The van der Waals surface area contributed by atoms with Crippen molar-refractivity contribution in [3.05, 3.63) is 36.1 Å². The van der Waals surface area contributed by atoms with Gasteiger partial charge in [0.1, 0.15) is 11.5 Å². The first-order valence-corrected chi connectivity index (χ1v) is 5.45. The van der Waals surface area contributed by atoms with Gasteiger partial charge in [-0.15, -0.1) is 0 Å². The Hall–Kier alpha value is -2.63. The highest BCUT2D eigenvalue weighted by atomic mass is 16.5. The minimum absolute atomic E-state index is 0.127. The van der Waals surface area contributed by atoms with Crippen LogP contribution in [-0.4, -0.2) is 25.3 Å². The number of carboxylic acid groups (broad SMARTS) is 1. The number of carbonyl (C=O) groups is 1. The van der Waals surface area contributed by atoms with Crippen molar-refractivity contribution in [1.29, 1.82) is 0 Å². The van der Waals surface area contributed by atoms with E-state index in [2.05, 4.69) is 5.32 Å². The highest BCUT2D eigenvalue weighted by Crippen LogP contribution is 2.28. The van der Waals surface area contributed by atoms with Crippen LogP contribution in [0.2, 0.25) is 0 Å². The quantitative estimate of drug-likeness (QED) is 0.863.